The lowest BCUT2D eigenvalue weighted by molar-refractivity contribution is -0.122. The number of imidazole rings is 1. The van der Waals surface area contributed by atoms with Crippen LogP contribution < -0.4 is 10.6 Å². The van der Waals surface area contributed by atoms with Gasteiger partial charge in [-0.15, -0.1) is 0 Å². The molecule has 0 saturated carbocycles. The predicted octanol–water partition coefficient (Wildman–Crippen LogP) is 2.98. The van der Waals surface area contributed by atoms with Crippen LogP contribution in [0, 0.1) is 11.8 Å². The fourth-order valence-corrected chi connectivity index (χ4v) is 4.00. The Morgan fingerprint density at radius 3 is 2.81 bits per heavy atom. The first kappa shape index (κ1) is 21.8. The first-order valence-corrected chi connectivity index (χ1v) is 11.2. The van der Waals surface area contributed by atoms with Crippen molar-refractivity contribution in [2.24, 2.45) is 11.8 Å². The molecule has 0 spiro atoms. The second kappa shape index (κ2) is 10.3. The van der Waals surface area contributed by atoms with E-state index in [9.17, 15) is 4.79 Å². The second-order valence-electron chi connectivity index (χ2n) is 7.82. The van der Waals surface area contributed by atoms with Gasteiger partial charge < -0.3 is 20.1 Å². The summed E-state index contributed by atoms with van der Waals surface area (Å²) < 4.78 is 16.9. The van der Waals surface area contributed by atoms with Gasteiger partial charge in [-0.25, -0.2) is 4.98 Å². The lowest BCUT2D eigenvalue weighted by Gasteiger charge is -2.23. The summed E-state index contributed by atoms with van der Waals surface area (Å²) in [7, 11) is 0. The summed E-state index contributed by atoms with van der Waals surface area (Å²) in [5.41, 5.74) is 1.17. The number of rotatable bonds is 10. The summed E-state index contributed by atoms with van der Waals surface area (Å²) in [6, 6.07) is 9.67. The molecule has 0 fully saturated rings. The molecule has 1 aliphatic rings. The van der Waals surface area contributed by atoms with Crippen LogP contribution in [0.3, 0.4) is 0 Å². The van der Waals surface area contributed by atoms with Gasteiger partial charge in [0.05, 0.1) is 0 Å². The maximum atomic E-state index is 13.1. The summed E-state index contributed by atoms with van der Waals surface area (Å²) in [6.07, 6.45) is 7.44. The van der Waals surface area contributed by atoms with E-state index in [4.69, 9.17) is 9.47 Å². The predicted molar refractivity (Wildman–Crippen MR) is 121 cm³/mol. The Morgan fingerprint density at radius 2 is 2.12 bits per heavy atom. The Balaban J connectivity index is 1.40. The zero-order valence-electron chi connectivity index (χ0n) is 18.0. The van der Waals surface area contributed by atoms with Crippen LogP contribution in [-0.4, -0.2) is 44.2 Å². The van der Waals surface area contributed by atoms with E-state index < -0.39 is 6.04 Å². The van der Waals surface area contributed by atoms with Gasteiger partial charge in [0, 0.05) is 36.4 Å². The van der Waals surface area contributed by atoms with Gasteiger partial charge in [0.2, 0.25) is 23.8 Å². The number of ether oxygens (including phenoxy) is 2. The maximum absolute atomic E-state index is 13.1. The summed E-state index contributed by atoms with van der Waals surface area (Å²) in [4.78, 5) is 21.5. The molecule has 1 unspecified atom stereocenters. The van der Waals surface area contributed by atoms with E-state index in [0.29, 0.717) is 17.6 Å². The maximum Gasteiger partial charge on any atom is 0.248 e. The van der Waals surface area contributed by atoms with E-state index >= 15 is 0 Å². The Labute approximate surface area is 190 Å². The van der Waals surface area contributed by atoms with Crippen molar-refractivity contribution in [2.45, 2.75) is 26.3 Å². The number of benzene rings is 1. The van der Waals surface area contributed by atoms with Crippen LogP contribution >= 0.6 is 11.5 Å². The molecular formula is C22H26N6O3S. The Kier molecular flexibility index (Phi) is 7.00. The van der Waals surface area contributed by atoms with E-state index in [0.717, 1.165) is 12.2 Å². The molecule has 0 bridgehead atoms. The topological polar surface area (TPSA) is 103 Å². The Bertz CT molecular complexity index is 1040. The smallest absolute Gasteiger partial charge is 0.248 e. The number of hydrogen-bond donors (Lipinski definition) is 2. The van der Waals surface area contributed by atoms with Crippen LogP contribution in [0.25, 0.3) is 5.95 Å². The third kappa shape index (κ3) is 5.44. The number of carbonyl (C=O) groups is 1. The molecule has 0 aliphatic carbocycles. The second-order valence-corrected chi connectivity index (χ2v) is 8.57. The molecule has 2 atom stereocenters. The van der Waals surface area contributed by atoms with Gasteiger partial charge in [-0.3, -0.25) is 9.36 Å². The van der Waals surface area contributed by atoms with Crippen molar-refractivity contribution >= 4 is 22.6 Å². The van der Waals surface area contributed by atoms with Crippen LogP contribution in [0.15, 0.2) is 61.1 Å². The van der Waals surface area contributed by atoms with Gasteiger partial charge in [-0.05, 0) is 17.9 Å². The molecule has 1 aliphatic heterocycles. The monoisotopic (exact) mass is 454 g/mol. The van der Waals surface area contributed by atoms with E-state index in [1.165, 1.54) is 17.1 Å². The molecule has 3 heterocycles. The van der Waals surface area contributed by atoms with Gasteiger partial charge in [0.1, 0.15) is 24.4 Å². The lowest BCUT2D eigenvalue weighted by atomic mass is 9.97. The van der Waals surface area contributed by atoms with Crippen molar-refractivity contribution in [1.29, 1.82) is 0 Å². The van der Waals surface area contributed by atoms with Gasteiger partial charge >= 0.3 is 0 Å². The number of nitrogens with one attached hydrogen (secondary N) is 2. The van der Waals surface area contributed by atoms with Gasteiger partial charge in [0.15, 0.2) is 0 Å². The van der Waals surface area contributed by atoms with Crippen molar-refractivity contribution in [3.05, 3.63) is 66.6 Å². The SMILES string of the molecule is CC(C)[C@H](Nc1nc(-n2ccnc2)ns1)C(=O)NCC(Cc1ccccc1)C1=COCO1. The lowest BCUT2D eigenvalue weighted by Crippen LogP contribution is -2.45. The fraction of sp³-hybridized carbons (Fsp3) is 0.364. The molecule has 2 N–H and O–H groups in total. The zero-order valence-corrected chi connectivity index (χ0v) is 18.8. The van der Waals surface area contributed by atoms with Crippen LogP contribution in [-0.2, 0) is 20.7 Å². The summed E-state index contributed by atoms with van der Waals surface area (Å²) in [6.45, 7) is 4.63. The summed E-state index contributed by atoms with van der Waals surface area (Å²) >= 11 is 1.21. The minimum absolute atomic E-state index is 0.0222. The molecule has 0 radical (unpaired) electrons. The van der Waals surface area contributed by atoms with Crippen molar-refractivity contribution in [2.75, 3.05) is 18.7 Å². The van der Waals surface area contributed by atoms with Crippen molar-refractivity contribution in [3.63, 3.8) is 0 Å². The molecule has 4 rings (SSSR count). The first-order chi connectivity index (χ1) is 15.6. The zero-order chi connectivity index (χ0) is 22.3. The molecule has 1 amide bonds. The largest absolute Gasteiger partial charge is 0.462 e. The molecule has 2 aromatic heterocycles. The summed E-state index contributed by atoms with van der Waals surface area (Å²) in [5, 5.41) is 6.89. The third-order valence-corrected chi connectivity index (χ3v) is 5.76. The number of carbonyl (C=O) groups excluding carboxylic acids is 1. The van der Waals surface area contributed by atoms with E-state index in [1.54, 1.807) is 29.6 Å². The van der Waals surface area contributed by atoms with Crippen LogP contribution in [0.1, 0.15) is 19.4 Å². The Hall–Kier alpha value is -3.40. The van der Waals surface area contributed by atoms with Gasteiger partial charge in [0.25, 0.3) is 0 Å². The number of amides is 1. The number of anilines is 1. The van der Waals surface area contributed by atoms with Crippen LogP contribution in [0.4, 0.5) is 5.13 Å². The number of aromatic nitrogens is 4. The van der Waals surface area contributed by atoms with Gasteiger partial charge in [-0.2, -0.15) is 9.36 Å². The highest BCUT2D eigenvalue weighted by Crippen LogP contribution is 2.22. The quantitative estimate of drug-likeness (QED) is 0.485. The molecular weight excluding hydrogens is 428 g/mol. The van der Waals surface area contributed by atoms with Crippen molar-refractivity contribution < 1.29 is 14.3 Å². The molecule has 1 aromatic carbocycles. The van der Waals surface area contributed by atoms with Crippen molar-refractivity contribution in [1.82, 2.24) is 24.2 Å². The molecule has 32 heavy (non-hydrogen) atoms. The highest BCUT2D eigenvalue weighted by atomic mass is 32.1. The fourth-order valence-electron chi connectivity index (χ4n) is 3.40. The third-order valence-electron chi connectivity index (χ3n) is 5.12. The average Bonchev–Trinajstić information content (AvgIpc) is 3.57. The number of nitrogens with zero attached hydrogens (tertiary/aromatic N) is 4. The molecule has 168 valence electrons. The minimum Gasteiger partial charge on any atom is -0.462 e. The van der Waals surface area contributed by atoms with Crippen LogP contribution in [0.2, 0.25) is 0 Å². The average molecular weight is 455 g/mol. The molecule has 9 nitrogen and oxygen atoms in total. The standard InChI is InChI=1S/C22H26N6O3S/c1-15(2)19(25-22-26-21(27-32-22)28-9-8-23-13-28)20(29)24-11-17(18-12-30-14-31-18)10-16-6-4-3-5-7-16/h3-9,12-13,15,17,19H,10-11,14H2,1-2H3,(H,24,29)(H,25,26,27)/t17?,19-/m0/s1. The highest BCUT2D eigenvalue weighted by molar-refractivity contribution is 7.09. The Morgan fingerprint density at radius 1 is 1.28 bits per heavy atom. The first-order valence-electron chi connectivity index (χ1n) is 10.4. The minimum atomic E-state index is -0.453. The normalized spacial score (nSPS) is 14.9. The highest BCUT2D eigenvalue weighted by Gasteiger charge is 2.26. The van der Waals surface area contributed by atoms with E-state index in [-0.39, 0.29) is 24.5 Å². The van der Waals surface area contributed by atoms with Crippen LogP contribution in [0.5, 0.6) is 0 Å². The van der Waals surface area contributed by atoms with E-state index in [2.05, 4.69) is 37.1 Å². The van der Waals surface area contributed by atoms with E-state index in [1.807, 2.05) is 32.0 Å². The summed E-state index contributed by atoms with van der Waals surface area (Å²) in [5.74, 6) is 1.19. The van der Waals surface area contributed by atoms with Gasteiger partial charge in [-0.1, -0.05) is 44.2 Å². The van der Waals surface area contributed by atoms with Crippen molar-refractivity contribution in [3.8, 4) is 5.95 Å². The molecule has 3 aromatic rings. The molecule has 0 saturated heterocycles. The molecule has 10 heteroatoms. The number of hydrogen-bond acceptors (Lipinski definition) is 8.